The highest BCUT2D eigenvalue weighted by Gasteiger charge is 2.35. The Balaban J connectivity index is 2.07. The Bertz CT molecular complexity index is 1310. The van der Waals surface area contributed by atoms with Crippen LogP contribution in [0.3, 0.4) is 0 Å². The number of hydrogen-bond acceptors (Lipinski definition) is 6. The molecular formula is C20H16Cl2F3N3O4S. The van der Waals surface area contributed by atoms with Crippen LogP contribution in [-0.2, 0) is 16.2 Å². The van der Waals surface area contributed by atoms with E-state index in [1.807, 2.05) is 0 Å². The third-order valence-electron chi connectivity index (χ3n) is 4.81. The fourth-order valence-electron chi connectivity index (χ4n) is 3.13. The van der Waals surface area contributed by atoms with Crippen LogP contribution in [0.15, 0.2) is 58.3 Å². The van der Waals surface area contributed by atoms with Gasteiger partial charge in [-0.1, -0.05) is 29.3 Å². The van der Waals surface area contributed by atoms with Gasteiger partial charge in [-0.15, -0.1) is 0 Å². The Hall–Kier alpha value is -2.60. The minimum atomic E-state index is -4.88. The molecule has 0 atom stereocenters. The first-order valence-corrected chi connectivity index (χ1v) is 11.4. The van der Waals surface area contributed by atoms with Gasteiger partial charge in [0.05, 0.1) is 32.7 Å². The lowest BCUT2D eigenvalue weighted by atomic mass is 9.95. The normalized spacial score (nSPS) is 14.9. The zero-order valence-corrected chi connectivity index (χ0v) is 19.4. The van der Waals surface area contributed by atoms with Gasteiger partial charge >= 0.3 is 6.18 Å². The highest BCUT2D eigenvalue weighted by molar-refractivity contribution is 7.92. The molecule has 0 fully saturated rings. The number of alkyl halides is 3. The van der Waals surface area contributed by atoms with Crippen molar-refractivity contribution in [2.75, 3.05) is 11.3 Å². The maximum atomic E-state index is 13.2. The molecule has 0 bridgehead atoms. The van der Waals surface area contributed by atoms with E-state index >= 15 is 0 Å². The average Bonchev–Trinajstić information content (AvgIpc) is 2.70. The number of Topliss-reactive ketones (excluding diaryl/α,β-unsaturated/α-hetero) is 1. The second kappa shape index (κ2) is 8.98. The molecule has 33 heavy (non-hydrogen) atoms. The maximum absolute atomic E-state index is 13.2. The zero-order valence-electron chi connectivity index (χ0n) is 17.0. The molecule has 2 heterocycles. The first kappa shape index (κ1) is 25.0. The fourth-order valence-corrected chi connectivity index (χ4v) is 4.59. The largest absolute Gasteiger partial charge is 0.417 e. The van der Waals surface area contributed by atoms with Crippen molar-refractivity contribution in [1.29, 1.82) is 0 Å². The van der Waals surface area contributed by atoms with Crippen molar-refractivity contribution in [3.8, 4) is 0 Å². The summed E-state index contributed by atoms with van der Waals surface area (Å²) in [5, 5.41) is 10.1. The van der Waals surface area contributed by atoms with E-state index in [1.165, 1.54) is 6.92 Å². The molecule has 13 heteroatoms. The Morgan fingerprint density at radius 2 is 1.88 bits per heavy atom. The number of pyridine rings is 1. The van der Waals surface area contributed by atoms with E-state index in [4.69, 9.17) is 23.2 Å². The van der Waals surface area contributed by atoms with Crippen LogP contribution in [0.1, 0.15) is 29.9 Å². The maximum Gasteiger partial charge on any atom is 0.417 e. The molecule has 0 radical (unpaired) electrons. The number of carbonyl (C=O) groups is 1. The highest BCUT2D eigenvalue weighted by Crippen LogP contribution is 2.36. The summed E-state index contributed by atoms with van der Waals surface area (Å²) in [6.07, 6.45) is -2.18. The number of halogens is 5. The molecule has 0 amide bonds. The van der Waals surface area contributed by atoms with Crippen LogP contribution in [0.2, 0.25) is 10.0 Å². The molecule has 0 spiro atoms. The van der Waals surface area contributed by atoms with Crippen molar-refractivity contribution < 1.29 is 31.6 Å². The van der Waals surface area contributed by atoms with Crippen LogP contribution in [0, 0.1) is 0 Å². The number of rotatable bonds is 5. The number of benzene rings is 1. The molecule has 0 saturated carbocycles. The van der Waals surface area contributed by atoms with Crippen molar-refractivity contribution in [3.63, 3.8) is 0 Å². The smallest absolute Gasteiger partial charge is 0.288 e. The van der Waals surface area contributed by atoms with Crippen LogP contribution in [0.4, 0.5) is 18.9 Å². The number of nitrogens with one attached hydrogen (secondary N) is 1. The minimum absolute atomic E-state index is 0.0262. The number of hydroxylamine groups is 2. The number of aromatic nitrogens is 1. The van der Waals surface area contributed by atoms with Crippen molar-refractivity contribution in [2.45, 2.75) is 24.9 Å². The number of carbonyl (C=O) groups excluding carboxylic acids is 1. The number of allylic oxidation sites excluding steroid dienone is 3. The third kappa shape index (κ3) is 5.16. The predicted molar refractivity (Wildman–Crippen MR) is 116 cm³/mol. The molecule has 3 rings (SSSR count). The summed E-state index contributed by atoms with van der Waals surface area (Å²) in [4.78, 5) is 16.4. The van der Waals surface area contributed by atoms with E-state index in [1.54, 1.807) is 13.0 Å². The van der Waals surface area contributed by atoms with Gasteiger partial charge in [-0.2, -0.15) is 13.2 Å². The lowest BCUT2D eigenvalue weighted by molar-refractivity contribution is -0.137. The van der Waals surface area contributed by atoms with Crippen molar-refractivity contribution in [2.24, 2.45) is 0 Å². The molecule has 1 aliphatic heterocycles. The van der Waals surface area contributed by atoms with Gasteiger partial charge in [0.15, 0.2) is 0 Å². The van der Waals surface area contributed by atoms with Crippen LogP contribution < -0.4 is 4.72 Å². The molecule has 0 aliphatic carbocycles. The average molecular weight is 522 g/mol. The van der Waals surface area contributed by atoms with Crippen molar-refractivity contribution in [3.05, 3.63) is 74.7 Å². The van der Waals surface area contributed by atoms with E-state index in [2.05, 4.69) is 9.71 Å². The van der Waals surface area contributed by atoms with Crippen molar-refractivity contribution >= 4 is 44.7 Å². The standard InChI is InChI=1S/C20H16Cl2F3N3O4S/c1-10-5-6-28(30)11(2)17(10)19(29)18-16(7-12(21)9-26-18)27-33(31,32)13-3-4-15(22)14(8-13)20(23,24)25/h3-5,7-9,27,30H,6H2,1-2H3. The summed E-state index contributed by atoms with van der Waals surface area (Å²) in [7, 11) is -4.60. The summed E-state index contributed by atoms with van der Waals surface area (Å²) in [6.45, 7) is 3.28. The van der Waals surface area contributed by atoms with Gasteiger partial charge < -0.3 is 0 Å². The highest BCUT2D eigenvalue weighted by atomic mass is 35.5. The fraction of sp³-hybridized carbons (Fsp3) is 0.200. The van der Waals surface area contributed by atoms with Crippen LogP contribution in [-0.4, -0.2) is 36.0 Å². The second-order valence-corrected chi connectivity index (χ2v) is 9.58. The first-order chi connectivity index (χ1) is 15.2. The molecule has 0 saturated heterocycles. The molecule has 1 aromatic heterocycles. The van der Waals surface area contributed by atoms with Gasteiger partial charge in [0.1, 0.15) is 5.69 Å². The van der Waals surface area contributed by atoms with E-state index < -0.39 is 37.5 Å². The zero-order chi connectivity index (χ0) is 24.7. The quantitative estimate of drug-likeness (QED) is 0.516. The Labute approximate surface area is 197 Å². The SMILES string of the molecule is CC1=CCN(O)C(C)=C1C(=O)c1ncc(Cl)cc1NS(=O)(=O)c1ccc(Cl)c(C(F)(F)F)c1. The Kier molecular flexibility index (Phi) is 6.81. The third-order valence-corrected chi connectivity index (χ3v) is 6.71. The first-order valence-electron chi connectivity index (χ1n) is 9.16. The van der Waals surface area contributed by atoms with Gasteiger partial charge in [-0.3, -0.25) is 19.8 Å². The minimum Gasteiger partial charge on any atom is -0.288 e. The monoisotopic (exact) mass is 521 g/mol. The predicted octanol–water partition coefficient (Wildman–Crippen LogP) is 5.32. The Morgan fingerprint density at radius 3 is 2.52 bits per heavy atom. The van der Waals surface area contributed by atoms with Crippen molar-refractivity contribution in [1.82, 2.24) is 10.0 Å². The number of hydrogen-bond donors (Lipinski definition) is 2. The number of sulfonamides is 1. The number of nitrogens with zero attached hydrogens (tertiary/aromatic N) is 2. The van der Waals surface area contributed by atoms with Gasteiger partial charge in [0, 0.05) is 17.5 Å². The molecule has 2 N–H and O–H groups in total. The molecule has 1 aliphatic rings. The lowest BCUT2D eigenvalue weighted by Gasteiger charge is -2.25. The summed E-state index contributed by atoms with van der Waals surface area (Å²) in [5.74, 6) is -0.721. The molecule has 0 unspecified atom stereocenters. The van der Waals surface area contributed by atoms with Gasteiger partial charge in [-0.25, -0.2) is 13.4 Å². The molecular weight excluding hydrogens is 506 g/mol. The summed E-state index contributed by atoms with van der Waals surface area (Å²) in [6, 6.07) is 3.19. The molecule has 7 nitrogen and oxygen atoms in total. The van der Waals surface area contributed by atoms with Gasteiger partial charge in [0.2, 0.25) is 5.78 Å². The van der Waals surface area contributed by atoms with Crippen LogP contribution in [0.5, 0.6) is 0 Å². The Morgan fingerprint density at radius 1 is 1.21 bits per heavy atom. The number of anilines is 1. The van der Waals surface area contributed by atoms with Gasteiger partial charge in [-0.05, 0) is 43.7 Å². The summed E-state index contributed by atoms with van der Waals surface area (Å²) in [5.41, 5.74) is -1.20. The van der Waals surface area contributed by atoms with E-state index in [0.717, 1.165) is 29.5 Å². The topological polar surface area (TPSA) is 99.6 Å². The molecule has 1 aromatic carbocycles. The number of ketones is 1. The molecule has 2 aromatic rings. The summed E-state index contributed by atoms with van der Waals surface area (Å²) >= 11 is 11.5. The van der Waals surface area contributed by atoms with E-state index in [9.17, 15) is 31.6 Å². The lowest BCUT2D eigenvalue weighted by Crippen LogP contribution is -2.26. The van der Waals surface area contributed by atoms with Gasteiger partial charge in [0.25, 0.3) is 10.0 Å². The molecule has 176 valence electrons. The van der Waals surface area contributed by atoms with E-state index in [-0.39, 0.29) is 34.2 Å². The second-order valence-electron chi connectivity index (χ2n) is 7.05. The van der Waals surface area contributed by atoms with Crippen LogP contribution in [0.25, 0.3) is 0 Å². The summed E-state index contributed by atoms with van der Waals surface area (Å²) < 4.78 is 67.3. The van der Waals surface area contributed by atoms with Crippen LogP contribution >= 0.6 is 23.2 Å². The van der Waals surface area contributed by atoms with E-state index in [0.29, 0.717) is 11.6 Å².